The second-order valence-electron chi connectivity index (χ2n) is 5.91. The molecule has 0 bridgehead atoms. The summed E-state index contributed by atoms with van der Waals surface area (Å²) in [6, 6.07) is 13.3. The summed E-state index contributed by atoms with van der Waals surface area (Å²) in [6.07, 6.45) is 0.783. The van der Waals surface area contributed by atoms with Crippen LogP contribution in [0.15, 0.2) is 47.5 Å². The Kier molecular flexibility index (Phi) is 5.19. The van der Waals surface area contributed by atoms with E-state index in [0.717, 1.165) is 17.2 Å². The molecule has 1 aliphatic rings. The van der Waals surface area contributed by atoms with E-state index in [1.165, 1.54) is 29.8 Å². The number of aryl methyl sites for hydroxylation is 1. The van der Waals surface area contributed by atoms with Gasteiger partial charge >= 0.3 is 0 Å². The Morgan fingerprint density at radius 1 is 1.12 bits per heavy atom. The van der Waals surface area contributed by atoms with Crippen LogP contribution in [0.25, 0.3) is 0 Å². The van der Waals surface area contributed by atoms with Crippen LogP contribution < -0.4 is 10.6 Å². The van der Waals surface area contributed by atoms with Crippen molar-refractivity contribution in [3.05, 3.63) is 53.6 Å². The van der Waals surface area contributed by atoms with Crippen LogP contribution in [0.5, 0.6) is 0 Å². The fraction of sp³-hybridized carbons (Fsp3) is 0.211. The van der Waals surface area contributed by atoms with Crippen LogP contribution in [-0.2, 0) is 16.0 Å². The third kappa shape index (κ3) is 4.70. The first-order valence-corrected chi connectivity index (χ1v) is 8.95. The van der Waals surface area contributed by atoms with E-state index in [9.17, 15) is 9.59 Å². The minimum atomic E-state index is -0.145. The van der Waals surface area contributed by atoms with E-state index in [0.29, 0.717) is 17.1 Å². The molecule has 0 spiro atoms. The highest BCUT2D eigenvalue weighted by atomic mass is 32.2. The Bertz CT molecular complexity index is 861. The highest BCUT2D eigenvalue weighted by Crippen LogP contribution is 2.31. The highest BCUT2D eigenvalue weighted by Gasteiger charge is 2.16. The molecule has 0 unspecified atom stereocenters. The number of thioether (sulfide) groups is 1. The van der Waals surface area contributed by atoms with Gasteiger partial charge in [0.15, 0.2) is 0 Å². The number of nitrogens with zero attached hydrogens (tertiary/aromatic N) is 1. The number of rotatable bonds is 4. The monoisotopic (exact) mass is 353 g/mol. The van der Waals surface area contributed by atoms with Gasteiger partial charge in [0.1, 0.15) is 0 Å². The Balaban J connectivity index is 1.54. The van der Waals surface area contributed by atoms with E-state index in [4.69, 9.17) is 0 Å². The number of hydrogen-bond acceptors (Lipinski definition) is 4. The zero-order valence-electron chi connectivity index (χ0n) is 14.1. The molecule has 0 aliphatic carbocycles. The van der Waals surface area contributed by atoms with Gasteiger partial charge in [-0.3, -0.25) is 9.59 Å². The summed E-state index contributed by atoms with van der Waals surface area (Å²) >= 11 is 1.46. The van der Waals surface area contributed by atoms with Crippen molar-refractivity contribution in [1.29, 1.82) is 0 Å². The van der Waals surface area contributed by atoms with E-state index in [1.807, 2.05) is 6.92 Å². The molecule has 6 heteroatoms. The fourth-order valence-electron chi connectivity index (χ4n) is 2.57. The van der Waals surface area contributed by atoms with Crippen LogP contribution >= 0.6 is 11.8 Å². The molecule has 0 atom stereocenters. The van der Waals surface area contributed by atoms with Crippen LogP contribution in [0.3, 0.4) is 0 Å². The van der Waals surface area contributed by atoms with Gasteiger partial charge in [0.25, 0.3) is 0 Å². The number of benzene rings is 2. The summed E-state index contributed by atoms with van der Waals surface area (Å²) in [5.74, 6) is 0.0591. The van der Waals surface area contributed by atoms with Gasteiger partial charge in [-0.15, -0.1) is 11.8 Å². The predicted octanol–water partition coefficient (Wildman–Crippen LogP) is 3.91. The van der Waals surface area contributed by atoms with Crippen LogP contribution in [0.4, 0.5) is 17.1 Å². The average Bonchev–Trinajstić information content (AvgIpc) is 2.94. The van der Waals surface area contributed by atoms with Crippen LogP contribution in [0.2, 0.25) is 0 Å². The van der Waals surface area contributed by atoms with Gasteiger partial charge in [-0.05, 0) is 42.3 Å². The van der Waals surface area contributed by atoms with Crippen molar-refractivity contribution in [2.24, 2.45) is 4.99 Å². The summed E-state index contributed by atoms with van der Waals surface area (Å²) < 4.78 is 0. The van der Waals surface area contributed by atoms with Gasteiger partial charge in [-0.2, -0.15) is 0 Å². The van der Waals surface area contributed by atoms with Crippen LogP contribution in [-0.4, -0.2) is 22.6 Å². The van der Waals surface area contributed by atoms with Crippen molar-refractivity contribution in [2.45, 2.75) is 20.3 Å². The van der Waals surface area contributed by atoms with E-state index in [1.54, 1.807) is 24.3 Å². The van der Waals surface area contributed by atoms with Gasteiger partial charge in [0.2, 0.25) is 11.8 Å². The first-order valence-electron chi connectivity index (χ1n) is 7.97. The van der Waals surface area contributed by atoms with Gasteiger partial charge in [-0.25, -0.2) is 4.99 Å². The maximum atomic E-state index is 12.2. The average molecular weight is 353 g/mol. The Labute approximate surface area is 150 Å². The lowest BCUT2D eigenvalue weighted by molar-refractivity contribution is -0.114. The summed E-state index contributed by atoms with van der Waals surface area (Å²) in [6.45, 7) is 3.49. The third-order valence-corrected chi connectivity index (χ3v) is 4.64. The zero-order chi connectivity index (χ0) is 17.8. The number of nitrogens with one attached hydrogen (secondary N) is 2. The first-order chi connectivity index (χ1) is 12.0. The zero-order valence-corrected chi connectivity index (χ0v) is 14.9. The number of carbonyl (C=O) groups excluding carboxylic acids is 2. The Hall–Kier alpha value is -2.60. The van der Waals surface area contributed by atoms with Crippen molar-refractivity contribution in [2.75, 3.05) is 16.4 Å². The standard InChI is InChI=1S/C19H19N3O2S/c1-12-6-7-14-9-19(22-17(14)8-12)25-11-18(24)21-16-5-3-4-15(10-16)20-13(2)23/h3-8,10H,9,11H2,1-2H3,(H,20,23)(H,21,24). The number of carbonyl (C=O) groups is 2. The molecule has 0 fully saturated rings. The van der Waals surface area contributed by atoms with Gasteiger partial charge < -0.3 is 10.6 Å². The predicted molar refractivity (Wildman–Crippen MR) is 104 cm³/mol. The lowest BCUT2D eigenvalue weighted by atomic mass is 10.1. The number of anilines is 2. The third-order valence-electron chi connectivity index (χ3n) is 3.66. The van der Waals surface area contributed by atoms with E-state index >= 15 is 0 Å². The number of hydrogen-bond donors (Lipinski definition) is 2. The number of amides is 2. The quantitative estimate of drug-likeness (QED) is 0.875. The van der Waals surface area contributed by atoms with E-state index in [2.05, 4.69) is 33.8 Å². The SMILES string of the molecule is CC(=O)Nc1cccc(NC(=O)CSC2=Nc3cc(C)ccc3C2)c1. The molecule has 25 heavy (non-hydrogen) atoms. The number of fused-ring (bicyclic) bond motifs is 1. The molecule has 1 aliphatic heterocycles. The molecule has 5 nitrogen and oxygen atoms in total. The van der Waals surface area contributed by atoms with Crippen molar-refractivity contribution in [3.8, 4) is 0 Å². The van der Waals surface area contributed by atoms with Gasteiger partial charge in [0, 0.05) is 24.7 Å². The largest absolute Gasteiger partial charge is 0.326 e. The molecule has 0 radical (unpaired) electrons. The molecule has 0 saturated carbocycles. The van der Waals surface area contributed by atoms with Crippen molar-refractivity contribution >= 4 is 45.7 Å². The first kappa shape index (κ1) is 17.2. The second kappa shape index (κ2) is 7.53. The topological polar surface area (TPSA) is 70.6 Å². The fourth-order valence-corrected chi connectivity index (χ4v) is 3.36. The lowest BCUT2D eigenvalue weighted by Gasteiger charge is -2.07. The minimum Gasteiger partial charge on any atom is -0.326 e. The molecule has 2 aromatic rings. The smallest absolute Gasteiger partial charge is 0.234 e. The molecule has 2 N–H and O–H groups in total. The van der Waals surface area contributed by atoms with Crippen LogP contribution in [0.1, 0.15) is 18.1 Å². The molecule has 1 heterocycles. The number of aliphatic imine (C=N–C) groups is 1. The lowest BCUT2D eigenvalue weighted by Crippen LogP contribution is -2.15. The van der Waals surface area contributed by atoms with Gasteiger partial charge in [0.05, 0.1) is 16.5 Å². The van der Waals surface area contributed by atoms with Crippen molar-refractivity contribution in [1.82, 2.24) is 0 Å². The van der Waals surface area contributed by atoms with E-state index < -0.39 is 0 Å². The second-order valence-corrected chi connectivity index (χ2v) is 6.96. The molecule has 2 aromatic carbocycles. The van der Waals surface area contributed by atoms with E-state index in [-0.39, 0.29) is 11.8 Å². The minimum absolute atomic E-state index is 0.0974. The summed E-state index contributed by atoms with van der Waals surface area (Å²) in [5.41, 5.74) is 4.71. The van der Waals surface area contributed by atoms with Crippen molar-refractivity contribution in [3.63, 3.8) is 0 Å². The molecular formula is C19H19N3O2S. The van der Waals surface area contributed by atoms with Gasteiger partial charge in [-0.1, -0.05) is 18.2 Å². The summed E-state index contributed by atoms with van der Waals surface area (Å²) in [4.78, 5) is 27.8. The Morgan fingerprint density at radius 2 is 1.88 bits per heavy atom. The summed E-state index contributed by atoms with van der Waals surface area (Å²) in [5, 5.41) is 6.50. The van der Waals surface area contributed by atoms with Crippen LogP contribution in [0, 0.1) is 6.92 Å². The molecule has 128 valence electrons. The highest BCUT2D eigenvalue weighted by molar-refractivity contribution is 8.14. The molecular weight excluding hydrogens is 334 g/mol. The Morgan fingerprint density at radius 3 is 2.64 bits per heavy atom. The molecule has 0 aromatic heterocycles. The van der Waals surface area contributed by atoms with Crippen molar-refractivity contribution < 1.29 is 9.59 Å². The molecule has 3 rings (SSSR count). The normalized spacial score (nSPS) is 12.3. The molecule has 0 saturated heterocycles. The summed E-state index contributed by atoms with van der Waals surface area (Å²) in [7, 11) is 0. The maximum absolute atomic E-state index is 12.2. The maximum Gasteiger partial charge on any atom is 0.234 e. The molecule has 2 amide bonds.